The third-order valence-electron chi connectivity index (χ3n) is 2.08. The van der Waals surface area contributed by atoms with Crippen LogP contribution in [0.1, 0.15) is 6.42 Å². The highest BCUT2D eigenvalue weighted by molar-refractivity contribution is 6.33. The third-order valence-corrected chi connectivity index (χ3v) is 2.40. The zero-order valence-corrected chi connectivity index (χ0v) is 10.0. The first-order valence-corrected chi connectivity index (χ1v) is 5.27. The molecule has 0 spiro atoms. The van der Waals surface area contributed by atoms with Crippen molar-refractivity contribution in [1.82, 2.24) is 4.90 Å². The first kappa shape index (κ1) is 12.8. The molecule has 0 saturated carbocycles. The number of benzene rings is 1. The average molecular weight is 245 g/mol. The second-order valence-electron chi connectivity index (χ2n) is 3.59. The molecule has 16 heavy (non-hydrogen) atoms. The van der Waals surface area contributed by atoms with Gasteiger partial charge in [-0.2, -0.15) is 0 Å². The van der Waals surface area contributed by atoms with Crippen molar-refractivity contribution in [2.45, 2.75) is 6.42 Å². The molecule has 0 heterocycles. The quantitative estimate of drug-likeness (QED) is 0.882. The van der Waals surface area contributed by atoms with Crippen LogP contribution in [0.4, 0.5) is 10.1 Å². The lowest BCUT2D eigenvalue weighted by Crippen LogP contribution is -2.23. The molecule has 0 atom stereocenters. The molecule has 0 aliphatic rings. The highest BCUT2D eigenvalue weighted by Crippen LogP contribution is 2.22. The van der Waals surface area contributed by atoms with E-state index in [0.717, 1.165) is 0 Å². The summed E-state index contributed by atoms with van der Waals surface area (Å²) in [7, 11) is 3.40. The van der Waals surface area contributed by atoms with Gasteiger partial charge in [0.05, 0.1) is 10.7 Å². The second-order valence-corrected chi connectivity index (χ2v) is 4.00. The Kier molecular flexibility index (Phi) is 4.55. The van der Waals surface area contributed by atoms with Crippen LogP contribution < -0.4 is 5.32 Å². The molecule has 1 N–H and O–H groups in total. The first-order valence-electron chi connectivity index (χ1n) is 4.90. The number of hydrogen-bond donors (Lipinski definition) is 1. The van der Waals surface area contributed by atoms with Crippen molar-refractivity contribution >= 4 is 23.2 Å². The Balaban J connectivity index is 2.46. The Hall–Kier alpha value is -1.29. The molecule has 0 bridgehead atoms. The van der Waals surface area contributed by atoms with Gasteiger partial charge in [0.2, 0.25) is 5.91 Å². The summed E-state index contributed by atoms with van der Waals surface area (Å²) in [5.74, 6) is -0.342. The minimum atomic E-state index is -0.375. The lowest BCUT2D eigenvalue weighted by Gasteiger charge is -2.11. The largest absolute Gasteiger partial charge is 0.383 e. The summed E-state index contributed by atoms with van der Waals surface area (Å²) in [6.07, 6.45) is 0.376. The third kappa shape index (κ3) is 3.70. The zero-order chi connectivity index (χ0) is 12.1. The Bertz CT molecular complexity index is 382. The van der Waals surface area contributed by atoms with Crippen LogP contribution in [0.15, 0.2) is 18.2 Å². The molecule has 1 rings (SSSR count). The first-order chi connectivity index (χ1) is 7.50. The predicted molar refractivity (Wildman–Crippen MR) is 63.2 cm³/mol. The van der Waals surface area contributed by atoms with Crippen molar-refractivity contribution in [3.8, 4) is 0 Å². The van der Waals surface area contributed by atoms with E-state index in [1.807, 2.05) is 0 Å². The second kappa shape index (κ2) is 5.70. The van der Waals surface area contributed by atoms with Crippen LogP contribution in [0.25, 0.3) is 0 Å². The Labute approximate surface area is 99.2 Å². The summed E-state index contributed by atoms with van der Waals surface area (Å²) in [6.45, 7) is 0.475. The molecule has 1 amide bonds. The van der Waals surface area contributed by atoms with Gasteiger partial charge in [0.25, 0.3) is 0 Å². The lowest BCUT2D eigenvalue weighted by atomic mass is 10.3. The van der Waals surface area contributed by atoms with Gasteiger partial charge in [-0.15, -0.1) is 0 Å². The summed E-state index contributed by atoms with van der Waals surface area (Å²) >= 11 is 5.81. The topological polar surface area (TPSA) is 32.3 Å². The number of rotatable bonds is 4. The van der Waals surface area contributed by atoms with E-state index in [1.54, 1.807) is 20.2 Å². The van der Waals surface area contributed by atoms with Crippen molar-refractivity contribution in [1.29, 1.82) is 0 Å². The fraction of sp³-hybridized carbons (Fsp3) is 0.364. The smallest absolute Gasteiger partial charge is 0.223 e. The molecule has 0 aliphatic heterocycles. The zero-order valence-electron chi connectivity index (χ0n) is 9.26. The van der Waals surface area contributed by atoms with Crippen LogP contribution in [-0.2, 0) is 4.79 Å². The van der Waals surface area contributed by atoms with E-state index in [2.05, 4.69) is 5.32 Å². The Morgan fingerprint density at radius 1 is 1.50 bits per heavy atom. The fourth-order valence-electron chi connectivity index (χ4n) is 1.16. The van der Waals surface area contributed by atoms with E-state index in [1.165, 1.54) is 17.0 Å². The van der Waals surface area contributed by atoms with E-state index in [4.69, 9.17) is 11.6 Å². The standard InChI is InChI=1S/C11H14ClFN2O/c1-15(2)11(16)5-6-14-10-4-3-8(13)7-9(10)12/h3-4,7,14H,5-6H2,1-2H3. The maximum atomic E-state index is 12.7. The summed E-state index contributed by atoms with van der Waals surface area (Å²) in [6, 6.07) is 4.11. The van der Waals surface area contributed by atoms with Crippen molar-refractivity contribution in [2.24, 2.45) is 0 Å². The molecule has 0 radical (unpaired) electrons. The number of carbonyl (C=O) groups excluding carboxylic acids is 1. The minimum absolute atomic E-state index is 0.0331. The van der Waals surface area contributed by atoms with Crippen LogP contribution in [0.3, 0.4) is 0 Å². The summed E-state index contributed by atoms with van der Waals surface area (Å²) < 4.78 is 12.7. The number of hydrogen-bond acceptors (Lipinski definition) is 2. The Morgan fingerprint density at radius 2 is 2.19 bits per heavy atom. The Morgan fingerprint density at radius 3 is 2.75 bits per heavy atom. The molecular formula is C11H14ClFN2O. The monoisotopic (exact) mass is 244 g/mol. The highest BCUT2D eigenvalue weighted by Gasteiger charge is 2.05. The van der Waals surface area contributed by atoms with Gasteiger partial charge in [-0.05, 0) is 18.2 Å². The molecule has 0 aliphatic carbocycles. The van der Waals surface area contributed by atoms with Crippen LogP contribution in [0, 0.1) is 5.82 Å². The molecule has 0 saturated heterocycles. The van der Waals surface area contributed by atoms with Crippen molar-refractivity contribution in [3.05, 3.63) is 29.0 Å². The van der Waals surface area contributed by atoms with Crippen molar-refractivity contribution < 1.29 is 9.18 Å². The normalized spacial score (nSPS) is 10.0. The summed E-state index contributed by atoms with van der Waals surface area (Å²) in [5, 5.41) is 3.30. The van der Waals surface area contributed by atoms with Gasteiger partial charge in [0, 0.05) is 27.1 Å². The molecular weight excluding hydrogens is 231 g/mol. The number of halogens is 2. The van der Waals surface area contributed by atoms with Gasteiger partial charge >= 0.3 is 0 Å². The van der Waals surface area contributed by atoms with Crippen LogP contribution in [-0.4, -0.2) is 31.4 Å². The van der Waals surface area contributed by atoms with Gasteiger partial charge in [0.1, 0.15) is 5.82 Å². The molecule has 1 aromatic rings. The van der Waals surface area contributed by atoms with Crippen LogP contribution in [0.2, 0.25) is 5.02 Å². The SMILES string of the molecule is CN(C)C(=O)CCNc1ccc(F)cc1Cl. The minimum Gasteiger partial charge on any atom is -0.383 e. The van der Waals surface area contributed by atoms with E-state index in [9.17, 15) is 9.18 Å². The predicted octanol–water partition coefficient (Wildman–Crippen LogP) is 2.37. The number of nitrogens with zero attached hydrogens (tertiary/aromatic N) is 1. The van der Waals surface area contributed by atoms with Gasteiger partial charge in [-0.25, -0.2) is 4.39 Å². The van der Waals surface area contributed by atoms with Crippen molar-refractivity contribution in [2.75, 3.05) is 26.0 Å². The number of carbonyl (C=O) groups is 1. The van der Waals surface area contributed by atoms with Gasteiger partial charge in [-0.1, -0.05) is 11.6 Å². The highest BCUT2D eigenvalue weighted by atomic mass is 35.5. The average Bonchev–Trinajstić information content (AvgIpc) is 2.20. The molecule has 0 unspecified atom stereocenters. The maximum absolute atomic E-state index is 12.7. The fourth-order valence-corrected chi connectivity index (χ4v) is 1.39. The molecule has 5 heteroatoms. The van der Waals surface area contributed by atoms with Crippen molar-refractivity contribution in [3.63, 3.8) is 0 Å². The molecule has 88 valence electrons. The van der Waals surface area contributed by atoms with E-state index < -0.39 is 0 Å². The molecule has 3 nitrogen and oxygen atoms in total. The number of nitrogens with one attached hydrogen (secondary N) is 1. The van der Waals surface area contributed by atoms with E-state index in [-0.39, 0.29) is 11.7 Å². The van der Waals surface area contributed by atoms with Crippen LogP contribution >= 0.6 is 11.6 Å². The maximum Gasteiger partial charge on any atom is 0.223 e. The van der Waals surface area contributed by atoms with Crippen LogP contribution in [0.5, 0.6) is 0 Å². The van der Waals surface area contributed by atoms with Gasteiger partial charge < -0.3 is 10.2 Å². The number of amides is 1. The van der Waals surface area contributed by atoms with E-state index in [0.29, 0.717) is 23.7 Å². The molecule has 0 fully saturated rings. The van der Waals surface area contributed by atoms with Gasteiger partial charge in [-0.3, -0.25) is 4.79 Å². The van der Waals surface area contributed by atoms with E-state index >= 15 is 0 Å². The molecule has 1 aromatic carbocycles. The summed E-state index contributed by atoms with van der Waals surface area (Å²) in [4.78, 5) is 12.8. The molecule has 0 aromatic heterocycles. The van der Waals surface area contributed by atoms with Gasteiger partial charge in [0.15, 0.2) is 0 Å². The lowest BCUT2D eigenvalue weighted by molar-refractivity contribution is -0.128. The number of anilines is 1. The summed E-state index contributed by atoms with van der Waals surface area (Å²) in [5.41, 5.74) is 0.634.